The van der Waals surface area contributed by atoms with Gasteiger partial charge in [-0.1, -0.05) is 25.1 Å². The molecule has 9 heteroatoms. The van der Waals surface area contributed by atoms with E-state index in [1.54, 1.807) is 12.1 Å². The molecule has 3 rings (SSSR count). The number of aromatic nitrogens is 1. The third kappa shape index (κ3) is 3.62. The summed E-state index contributed by atoms with van der Waals surface area (Å²) in [5.41, 5.74) is 1.32. The molecule has 148 valence electrons. The van der Waals surface area contributed by atoms with E-state index in [2.05, 4.69) is 4.98 Å². The Hall–Kier alpha value is -2.81. The zero-order chi connectivity index (χ0) is 20.7. The third-order valence-electron chi connectivity index (χ3n) is 4.49. The molecule has 5 nitrogen and oxygen atoms in total. The van der Waals surface area contributed by atoms with Gasteiger partial charge >= 0.3 is 6.18 Å². The van der Waals surface area contributed by atoms with Gasteiger partial charge in [-0.05, 0) is 43.2 Å². The number of halogens is 3. The quantitative estimate of drug-likeness (QED) is 0.677. The molecule has 0 aliphatic heterocycles. The van der Waals surface area contributed by atoms with Gasteiger partial charge in [0.1, 0.15) is 0 Å². The monoisotopic (exact) mass is 410 g/mol. The minimum absolute atomic E-state index is 0.0934. The van der Waals surface area contributed by atoms with E-state index < -0.39 is 32.6 Å². The van der Waals surface area contributed by atoms with Crippen LogP contribution in [0.25, 0.3) is 10.9 Å². The van der Waals surface area contributed by atoms with Crippen LogP contribution in [0.2, 0.25) is 0 Å². The summed E-state index contributed by atoms with van der Waals surface area (Å²) < 4.78 is 65.3. The van der Waals surface area contributed by atoms with Gasteiger partial charge in [0.15, 0.2) is 0 Å². The third-order valence-corrected chi connectivity index (χ3v) is 5.82. The number of sulfonamides is 1. The highest BCUT2D eigenvalue weighted by Crippen LogP contribution is 2.30. The molecule has 28 heavy (non-hydrogen) atoms. The van der Waals surface area contributed by atoms with Crippen molar-refractivity contribution < 1.29 is 26.4 Å². The lowest BCUT2D eigenvalue weighted by Gasteiger charge is -2.11. The fraction of sp³-hybridized carbons (Fsp3) is 0.211. The van der Waals surface area contributed by atoms with Gasteiger partial charge in [-0.3, -0.25) is 4.79 Å². The van der Waals surface area contributed by atoms with E-state index in [4.69, 9.17) is 0 Å². The standard InChI is InChI=1S/C19H17F3N2O3S/c1-3-16-11(2)14-8-5-9-15(17(14)23-16)18(25)24-28(26,27)13-7-4-6-12(10-13)19(20,21)22/h4-10,23H,3H2,1-2H3,(H,24,25). The summed E-state index contributed by atoms with van der Waals surface area (Å²) in [5, 5.41) is 0.779. The molecule has 1 amide bonds. The van der Waals surface area contributed by atoms with Crippen LogP contribution in [-0.2, 0) is 22.6 Å². The van der Waals surface area contributed by atoms with Crippen LogP contribution >= 0.6 is 0 Å². The zero-order valence-corrected chi connectivity index (χ0v) is 15.8. The second kappa shape index (κ2) is 6.97. The number of alkyl halides is 3. The Labute approximate surface area is 159 Å². The molecule has 0 bridgehead atoms. The van der Waals surface area contributed by atoms with Crippen molar-refractivity contribution in [3.05, 3.63) is 64.8 Å². The first kappa shape index (κ1) is 19.9. The van der Waals surface area contributed by atoms with Crippen molar-refractivity contribution in [3.8, 4) is 0 Å². The maximum absolute atomic E-state index is 12.8. The second-order valence-corrected chi connectivity index (χ2v) is 7.95. The van der Waals surface area contributed by atoms with Gasteiger partial charge in [-0.25, -0.2) is 13.1 Å². The molecule has 0 saturated carbocycles. The number of hydrogen-bond acceptors (Lipinski definition) is 3. The predicted octanol–water partition coefficient (Wildman–Crippen LogP) is 4.18. The number of para-hydroxylation sites is 1. The molecule has 1 heterocycles. The molecule has 2 aromatic carbocycles. The average Bonchev–Trinajstić information content (AvgIpc) is 2.97. The molecule has 2 N–H and O–H groups in total. The van der Waals surface area contributed by atoms with Crippen LogP contribution in [0.4, 0.5) is 13.2 Å². The van der Waals surface area contributed by atoms with Gasteiger partial charge in [0.05, 0.1) is 21.5 Å². The highest BCUT2D eigenvalue weighted by Gasteiger charge is 2.32. The molecular weight excluding hydrogens is 393 g/mol. The number of hydrogen-bond donors (Lipinski definition) is 2. The van der Waals surface area contributed by atoms with E-state index >= 15 is 0 Å². The summed E-state index contributed by atoms with van der Waals surface area (Å²) in [6.07, 6.45) is -4.00. The summed E-state index contributed by atoms with van der Waals surface area (Å²) in [7, 11) is -4.48. The van der Waals surface area contributed by atoms with Crippen molar-refractivity contribution >= 4 is 26.8 Å². The molecule has 0 spiro atoms. The van der Waals surface area contributed by atoms with E-state index in [0.717, 1.165) is 34.8 Å². The number of carbonyl (C=O) groups is 1. The van der Waals surface area contributed by atoms with Crippen molar-refractivity contribution in [1.29, 1.82) is 0 Å². The maximum Gasteiger partial charge on any atom is 0.416 e. The van der Waals surface area contributed by atoms with Crippen LogP contribution in [0.15, 0.2) is 47.4 Å². The van der Waals surface area contributed by atoms with Gasteiger partial charge in [0.2, 0.25) is 0 Å². The predicted molar refractivity (Wildman–Crippen MR) is 98.5 cm³/mol. The van der Waals surface area contributed by atoms with Gasteiger partial charge in [0, 0.05) is 11.1 Å². The summed E-state index contributed by atoms with van der Waals surface area (Å²) in [4.78, 5) is 15.1. The van der Waals surface area contributed by atoms with E-state index in [1.807, 2.05) is 18.6 Å². The van der Waals surface area contributed by atoms with Crippen LogP contribution in [0.3, 0.4) is 0 Å². The minimum Gasteiger partial charge on any atom is -0.358 e. The van der Waals surface area contributed by atoms with E-state index in [-0.39, 0.29) is 5.56 Å². The van der Waals surface area contributed by atoms with Crippen molar-refractivity contribution in [3.63, 3.8) is 0 Å². The Morgan fingerprint density at radius 1 is 1.14 bits per heavy atom. The van der Waals surface area contributed by atoms with Gasteiger partial charge in [0.25, 0.3) is 15.9 Å². The molecule has 3 aromatic rings. The molecule has 0 fully saturated rings. The fourth-order valence-corrected chi connectivity index (χ4v) is 4.04. The lowest BCUT2D eigenvalue weighted by Crippen LogP contribution is -2.31. The van der Waals surface area contributed by atoms with Gasteiger partial charge in [-0.15, -0.1) is 0 Å². The number of amides is 1. The number of aryl methyl sites for hydroxylation is 2. The molecule has 0 unspecified atom stereocenters. The van der Waals surface area contributed by atoms with Crippen LogP contribution in [0.5, 0.6) is 0 Å². The Bertz CT molecular complexity index is 1160. The topological polar surface area (TPSA) is 79.0 Å². The summed E-state index contributed by atoms with van der Waals surface area (Å²) in [5.74, 6) is -0.924. The highest BCUT2D eigenvalue weighted by molar-refractivity contribution is 7.90. The molecule has 0 atom stereocenters. The van der Waals surface area contributed by atoms with Crippen LogP contribution in [-0.4, -0.2) is 19.3 Å². The molecule has 0 aliphatic rings. The Morgan fingerprint density at radius 2 is 1.82 bits per heavy atom. The van der Waals surface area contributed by atoms with E-state index in [1.165, 1.54) is 6.07 Å². The number of aromatic amines is 1. The maximum atomic E-state index is 12.8. The van der Waals surface area contributed by atoms with Crippen molar-refractivity contribution in [2.24, 2.45) is 0 Å². The number of carbonyl (C=O) groups excluding carboxylic acids is 1. The largest absolute Gasteiger partial charge is 0.416 e. The normalized spacial score (nSPS) is 12.3. The SMILES string of the molecule is CCc1[nH]c2c(C(=O)NS(=O)(=O)c3cccc(C(F)(F)F)c3)cccc2c1C. The van der Waals surface area contributed by atoms with Gasteiger partial charge < -0.3 is 4.98 Å². The Kier molecular flexibility index (Phi) is 4.97. The summed E-state index contributed by atoms with van der Waals surface area (Å²) in [6.45, 7) is 3.83. The minimum atomic E-state index is -4.69. The lowest BCUT2D eigenvalue weighted by atomic mass is 10.1. The van der Waals surface area contributed by atoms with Crippen LogP contribution in [0, 0.1) is 6.92 Å². The lowest BCUT2D eigenvalue weighted by molar-refractivity contribution is -0.137. The van der Waals surface area contributed by atoms with E-state index in [0.29, 0.717) is 18.0 Å². The van der Waals surface area contributed by atoms with Crippen LogP contribution < -0.4 is 4.72 Å². The Morgan fingerprint density at radius 3 is 2.46 bits per heavy atom. The summed E-state index contributed by atoms with van der Waals surface area (Å²) >= 11 is 0. The Balaban J connectivity index is 1.98. The zero-order valence-electron chi connectivity index (χ0n) is 15.0. The first-order chi connectivity index (χ1) is 13.0. The fourth-order valence-electron chi connectivity index (χ4n) is 3.02. The summed E-state index contributed by atoms with van der Waals surface area (Å²) in [6, 6.07) is 8.10. The first-order valence-corrected chi connectivity index (χ1v) is 9.87. The van der Waals surface area contributed by atoms with Gasteiger partial charge in [-0.2, -0.15) is 13.2 Å². The molecular formula is C19H17F3N2O3S. The average molecular weight is 410 g/mol. The van der Waals surface area contributed by atoms with Crippen molar-refractivity contribution in [2.75, 3.05) is 0 Å². The number of fused-ring (bicyclic) bond motifs is 1. The molecule has 0 aliphatic carbocycles. The van der Waals surface area contributed by atoms with Crippen molar-refractivity contribution in [1.82, 2.24) is 9.71 Å². The second-order valence-electron chi connectivity index (χ2n) is 6.27. The number of benzene rings is 2. The number of H-pyrrole nitrogens is 1. The number of nitrogens with one attached hydrogen (secondary N) is 2. The van der Waals surface area contributed by atoms with Crippen LogP contribution in [0.1, 0.15) is 34.1 Å². The van der Waals surface area contributed by atoms with E-state index in [9.17, 15) is 26.4 Å². The molecule has 0 saturated heterocycles. The first-order valence-electron chi connectivity index (χ1n) is 8.39. The smallest absolute Gasteiger partial charge is 0.358 e. The molecule has 1 aromatic heterocycles. The van der Waals surface area contributed by atoms with Crippen molar-refractivity contribution in [2.45, 2.75) is 31.3 Å². The molecule has 0 radical (unpaired) electrons. The highest BCUT2D eigenvalue weighted by atomic mass is 32.2. The number of rotatable bonds is 4.